The van der Waals surface area contributed by atoms with E-state index in [1.54, 1.807) is 12.1 Å². The quantitative estimate of drug-likeness (QED) is 0.632. The lowest BCUT2D eigenvalue weighted by atomic mass is 10.00. The van der Waals surface area contributed by atoms with Crippen LogP contribution in [0, 0.1) is 18.7 Å². The minimum Gasteiger partial charge on any atom is -0.505 e. The Balaban J connectivity index is 1.79. The lowest BCUT2D eigenvalue weighted by Gasteiger charge is -2.36. The van der Waals surface area contributed by atoms with Crippen LogP contribution in [0.25, 0.3) is 22.3 Å². The van der Waals surface area contributed by atoms with Crippen molar-refractivity contribution in [1.82, 2.24) is 25.4 Å². The van der Waals surface area contributed by atoms with Crippen molar-refractivity contribution in [3.63, 3.8) is 0 Å². The van der Waals surface area contributed by atoms with Crippen LogP contribution in [0.5, 0.6) is 5.75 Å². The Kier molecular flexibility index (Phi) is 4.96. The second-order valence-electron chi connectivity index (χ2n) is 7.81. The Morgan fingerprint density at radius 3 is 2.86 bits per heavy atom. The molecule has 3 N–H and O–H groups in total. The van der Waals surface area contributed by atoms with Crippen molar-refractivity contribution in [2.24, 2.45) is 5.92 Å². The smallest absolute Gasteiger partial charge is 0.254 e. The molecule has 7 nitrogen and oxygen atoms in total. The van der Waals surface area contributed by atoms with Gasteiger partial charge in [0.15, 0.2) is 17.2 Å². The van der Waals surface area contributed by atoms with Gasteiger partial charge in [0.25, 0.3) is 5.91 Å². The Hall–Kier alpha value is -3.00. The van der Waals surface area contributed by atoms with Gasteiger partial charge in [-0.2, -0.15) is 5.10 Å². The van der Waals surface area contributed by atoms with Crippen LogP contribution in [-0.2, 0) is 0 Å². The van der Waals surface area contributed by atoms with Gasteiger partial charge in [-0.15, -0.1) is 0 Å². The van der Waals surface area contributed by atoms with Gasteiger partial charge < -0.3 is 15.3 Å². The topological polar surface area (TPSA) is 94.1 Å². The SMILES string of the molecule is Cc1n[nH]c2nc(-c3ccc(O)c(F)c3)cc(C(=O)N3CCN[C@@H](C(C)C)C3)c12. The van der Waals surface area contributed by atoms with Crippen molar-refractivity contribution < 1.29 is 14.3 Å². The van der Waals surface area contributed by atoms with E-state index < -0.39 is 11.6 Å². The summed E-state index contributed by atoms with van der Waals surface area (Å²) >= 11 is 0. The number of amides is 1. The van der Waals surface area contributed by atoms with Crippen LogP contribution in [0.4, 0.5) is 4.39 Å². The number of H-pyrrole nitrogens is 1. The Morgan fingerprint density at radius 1 is 1.34 bits per heavy atom. The Labute approximate surface area is 167 Å². The summed E-state index contributed by atoms with van der Waals surface area (Å²) in [6.07, 6.45) is 0. The van der Waals surface area contributed by atoms with Crippen LogP contribution < -0.4 is 5.32 Å². The number of fused-ring (bicyclic) bond motifs is 1. The molecule has 1 aliphatic heterocycles. The van der Waals surface area contributed by atoms with Crippen LogP contribution in [0.2, 0.25) is 0 Å². The van der Waals surface area contributed by atoms with Crippen molar-refractivity contribution in [3.8, 4) is 17.0 Å². The van der Waals surface area contributed by atoms with E-state index in [0.717, 1.165) is 6.54 Å². The first kappa shape index (κ1) is 19.3. The van der Waals surface area contributed by atoms with Crippen LogP contribution in [0.3, 0.4) is 0 Å². The number of hydrogen-bond acceptors (Lipinski definition) is 5. The maximum absolute atomic E-state index is 13.9. The summed E-state index contributed by atoms with van der Waals surface area (Å²) in [4.78, 5) is 19.8. The molecule has 2 aromatic heterocycles. The molecule has 152 valence electrons. The lowest BCUT2D eigenvalue weighted by Crippen LogP contribution is -2.54. The van der Waals surface area contributed by atoms with Crippen molar-refractivity contribution in [3.05, 3.63) is 41.3 Å². The highest BCUT2D eigenvalue weighted by molar-refractivity contribution is 6.07. The molecular formula is C21H24FN5O2. The van der Waals surface area contributed by atoms with Gasteiger partial charge in [-0.05, 0) is 37.1 Å². The maximum atomic E-state index is 13.9. The Morgan fingerprint density at radius 2 is 2.14 bits per heavy atom. The lowest BCUT2D eigenvalue weighted by molar-refractivity contribution is 0.0685. The third-order valence-electron chi connectivity index (χ3n) is 5.48. The Bertz CT molecular complexity index is 1080. The minimum atomic E-state index is -0.736. The number of halogens is 1. The number of phenols is 1. The zero-order valence-electron chi connectivity index (χ0n) is 16.7. The number of aromatic amines is 1. The summed E-state index contributed by atoms with van der Waals surface area (Å²) in [5, 5.41) is 20.7. The zero-order chi connectivity index (χ0) is 20.7. The van der Waals surface area contributed by atoms with Gasteiger partial charge in [-0.25, -0.2) is 9.37 Å². The molecule has 8 heteroatoms. The number of nitrogens with one attached hydrogen (secondary N) is 2. The molecule has 1 aromatic carbocycles. The van der Waals surface area contributed by atoms with E-state index in [4.69, 9.17) is 0 Å². The summed E-state index contributed by atoms with van der Waals surface area (Å²) in [7, 11) is 0. The average molecular weight is 397 g/mol. The first-order valence-corrected chi connectivity index (χ1v) is 9.72. The van der Waals surface area contributed by atoms with Crippen LogP contribution >= 0.6 is 0 Å². The predicted molar refractivity (Wildman–Crippen MR) is 108 cm³/mol. The first-order valence-electron chi connectivity index (χ1n) is 9.72. The zero-order valence-corrected chi connectivity index (χ0v) is 16.7. The summed E-state index contributed by atoms with van der Waals surface area (Å²) in [6.45, 7) is 8.07. The van der Waals surface area contributed by atoms with Crippen molar-refractivity contribution in [2.75, 3.05) is 19.6 Å². The number of benzene rings is 1. The summed E-state index contributed by atoms with van der Waals surface area (Å²) in [6, 6.07) is 5.98. The molecule has 3 aromatic rings. The average Bonchev–Trinajstić information content (AvgIpc) is 3.10. The van der Waals surface area contributed by atoms with E-state index in [2.05, 4.69) is 34.3 Å². The van der Waals surface area contributed by atoms with Gasteiger partial charge in [0, 0.05) is 31.2 Å². The minimum absolute atomic E-state index is 0.0884. The maximum Gasteiger partial charge on any atom is 0.254 e. The summed E-state index contributed by atoms with van der Waals surface area (Å²) in [5.74, 6) is -0.840. The number of hydrogen-bond donors (Lipinski definition) is 3. The van der Waals surface area contributed by atoms with E-state index in [9.17, 15) is 14.3 Å². The largest absolute Gasteiger partial charge is 0.505 e. The second kappa shape index (κ2) is 7.44. The van der Waals surface area contributed by atoms with Crippen molar-refractivity contribution in [1.29, 1.82) is 0 Å². The summed E-state index contributed by atoms with van der Waals surface area (Å²) in [5.41, 5.74) is 2.58. The molecule has 1 fully saturated rings. The fourth-order valence-corrected chi connectivity index (χ4v) is 3.75. The molecule has 4 rings (SSSR count). The molecule has 0 bridgehead atoms. The van der Waals surface area contributed by atoms with Crippen molar-refractivity contribution in [2.45, 2.75) is 26.8 Å². The van der Waals surface area contributed by atoms with Crippen LogP contribution in [0.1, 0.15) is 29.9 Å². The number of piperazine rings is 1. The molecule has 1 amide bonds. The number of aryl methyl sites for hydroxylation is 1. The monoisotopic (exact) mass is 397 g/mol. The molecule has 1 aliphatic rings. The third-order valence-corrected chi connectivity index (χ3v) is 5.48. The van der Waals surface area contributed by atoms with Gasteiger partial charge in [0.1, 0.15) is 0 Å². The molecule has 0 unspecified atom stereocenters. The van der Waals surface area contributed by atoms with Crippen LogP contribution in [-0.4, -0.2) is 56.8 Å². The van der Waals surface area contributed by atoms with E-state index in [-0.39, 0.29) is 11.9 Å². The number of carbonyl (C=O) groups excluding carboxylic acids is 1. The van der Waals surface area contributed by atoms with E-state index in [0.29, 0.717) is 52.6 Å². The fourth-order valence-electron chi connectivity index (χ4n) is 3.75. The normalized spacial score (nSPS) is 17.3. The molecular weight excluding hydrogens is 373 g/mol. The number of pyridine rings is 1. The van der Waals surface area contributed by atoms with E-state index in [1.807, 2.05) is 11.8 Å². The number of nitrogens with zero attached hydrogens (tertiary/aromatic N) is 3. The molecule has 0 aliphatic carbocycles. The molecule has 0 saturated carbocycles. The number of carbonyl (C=O) groups is 1. The van der Waals surface area contributed by atoms with Crippen LogP contribution in [0.15, 0.2) is 24.3 Å². The highest BCUT2D eigenvalue weighted by Gasteiger charge is 2.28. The molecule has 0 radical (unpaired) electrons. The number of aromatic hydroxyl groups is 1. The van der Waals surface area contributed by atoms with Gasteiger partial charge >= 0.3 is 0 Å². The highest BCUT2D eigenvalue weighted by atomic mass is 19.1. The van der Waals surface area contributed by atoms with Gasteiger partial charge in [-0.1, -0.05) is 13.8 Å². The van der Waals surface area contributed by atoms with Crippen molar-refractivity contribution >= 4 is 16.9 Å². The third kappa shape index (κ3) is 3.55. The van der Waals surface area contributed by atoms with Gasteiger partial charge in [0.2, 0.25) is 0 Å². The van der Waals surface area contributed by atoms with E-state index in [1.165, 1.54) is 12.1 Å². The molecule has 1 saturated heterocycles. The van der Waals surface area contributed by atoms with Gasteiger partial charge in [-0.3, -0.25) is 9.89 Å². The molecule has 29 heavy (non-hydrogen) atoms. The number of aromatic nitrogens is 3. The first-order chi connectivity index (χ1) is 13.8. The number of phenolic OH excluding ortho intramolecular Hbond substituents is 1. The highest BCUT2D eigenvalue weighted by Crippen LogP contribution is 2.29. The van der Waals surface area contributed by atoms with E-state index >= 15 is 0 Å². The van der Waals surface area contributed by atoms with Gasteiger partial charge in [0.05, 0.1) is 22.3 Å². The second-order valence-corrected chi connectivity index (χ2v) is 7.81. The standard InChI is InChI=1S/C21H24FN5O2/c1-11(2)17-10-27(7-6-23-17)21(29)14-9-16(13-4-5-18(28)15(22)8-13)24-20-19(14)12(3)25-26-20/h4-5,8-9,11,17,23,28H,6-7,10H2,1-3H3,(H,24,25,26)/t17-/m1/s1. The fraction of sp³-hybridized carbons (Fsp3) is 0.381. The predicted octanol–water partition coefficient (Wildman–Crippen LogP) is 2.85. The molecule has 1 atom stereocenters. The molecule has 0 spiro atoms. The molecule has 3 heterocycles. The summed E-state index contributed by atoms with van der Waals surface area (Å²) < 4.78 is 13.9. The number of rotatable bonds is 3.